The van der Waals surface area contributed by atoms with Crippen LogP contribution in [0, 0.1) is 20.2 Å². The Bertz CT molecular complexity index is 1390. The van der Waals surface area contributed by atoms with Crippen molar-refractivity contribution in [1.82, 2.24) is 15.4 Å². The first-order valence-electron chi connectivity index (χ1n) is 9.85. The second-order valence-electron chi connectivity index (χ2n) is 6.99. The molecule has 34 heavy (non-hydrogen) atoms. The molecule has 0 saturated heterocycles. The zero-order valence-electron chi connectivity index (χ0n) is 17.4. The number of ether oxygens (including phenoxy) is 1. The van der Waals surface area contributed by atoms with E-state index in [9.17, 15) is 25.0 Å². The number of hydrogen-bond acceptors (Lipinski definition) is 9. The maximum Gasteiger partial charge on any atom is 0.374 e. The lowest BCUT2D eigenvalue weighted by molar-refractivity contribution is -0.385. The molecule has 1 aromatic heterocycles. The van der Waals surface area contributed by atoms with E-state index in [1.54, 1.807) is 12.1 Å². The molecule has 0 aliphatic heterocycles. The highest BCUT2D eigenvalue weighted by molar-refractivity contribution is 5.88. The zero-order chi connectivity index (χ0) is 24.1. The molecule has 2 N–H and O–H groups in total. The number of benzene rings is 3. The van der Waals surface area contributed by atoms with Crippen molar-refractivity contribution in [3.05, 3.63) is 98.8 Å². The topological polar surface area (TPSA) is 162 Å². The molecule has 0 unspecified atom stereocenters. The number of fused-ring (bicyclic) bond motifs is 1. The number of nitrogens with one attached hydrogen (secondary N) is 2. The number of hydrogen-bond donors (Lipinski definition) is 2. The van der Waals surface area contributed by atoms with Crippen molar-refractivity contribution in [2.24, 2.45) is 0 Å². The summed E-state index contributed by atoms with van der Waals surface area (Å²) in [7, 11) is 0. The average Bonchev–Trinajstić information content (AvgIpc) is 2.83. The number of amides is 1. The van der Waals surface area contributed by atoms with Gasteiger partial charge >= 0.3 is 11.6 Å². The van der Waals surface area contributed by atoms with E-state index >= 15 is 0 Å². The summed E-state index contributed by atoms with van der Waals surface area (Å²) in [5, 5.41) is 24.1. The normalized spacial score (nSPS) is 10.5. The smallest absolute Gasteiger partial charge is 0.374 e. The molecule has 0 atom stereocenters. The lowest BCUT2D eigenvalue weighted by atomic mass is 10.1. The number of non-ortho nitro benzene ring substituents is 1. The number of nitro groups is 2. The Morgan fingerprint density at radius 1 is 0.912 bits per heavy atom. The van der Waals surface area contributed by atoms with Crippen molar-refractivity contribution in [2.45, 2.75) is 6.42 Å². The van der Waals surface area contributed by atoms with Gasteiger partial charge in [0.1, 0.15) is 12.1 Å². The van der Waals surface area contributed by atoms with Gasteiger partial charge in [-0.25, -0.2) is 4.98 Å². The second kappa shape index (κ2) is 9.56. The standard InChI is InChI=1S/C22H16N6O6/c29-19(12-14-8-10-16(11-9-14)27(30)31)25-26-21-20(28(32)33)22(24-13-23-21)34-18-7-3-5-15-4-1-2-6-17(15)18/h1-11,13H,12H2,(H,25,29)(H,23,24,26). The molecule has 3 aromatic carbocycles. The second-order valence-corrected chi connectivity index (χ2v) is 6.99. The summed E-state index contributed by atoms with van der Waals surface area (Å²) in [6.45, 7) is 0. The fourth-order valence-corrected chi connectivity index (χ4v) is 3.18. The van der Waals surface area contributed by atoms with Gasteiger partial charge in [0.2, 0.25) is 11.7 Å². The largest absolute Gasteiger partial charge is 0.433 e. The monoisotopic (exact) mass is 460 g/mol. The van der Waals surface area contributed by atoms with Crippen molar-refractivity contribution in [3.8, 4) is 11.6 Å². The molecule has 12 heteroatoms. The predicted molar refractivity (Wildman–Crippen MR) is 121 cm³/mol. The minimum absolute atomic E-state index is 0.0994. The average molecular weight is 460 g/mol. The number of hydrazine groups is 1. The van der Waals surface area contributed by atoms with Gasteiger partial charge in [-0.2, -0.15) is 4.98 Å². The third kappa shape index (κ3) is 4.85. The van der Waals surface area contributed by atoms with Gasteiger partial charge in [0.15, 0.2) is 0 Å². The number of anilines is 1. The van der Waals surface area contributed by atoms with Crippen LogP contribution < -0.4 is 15.6 Å². The van der Waals surface area contributed by atoms with Gasteiger partial charge in [-0.05, 0) is 17.0 Å². The van der Waals surface area contributed by atoms with Crippen LogP contribution in [0.15, 0.2) is 73.1 Å². The molecule has 4 aromatic rings. The number of nitrogens with zero attached hydrogens (tertiary/aromatic N) is 4. The summed E-state index contributed by atoms with van der Waals surface area (Å²) in [5.74, 6) is -0.748. The minimum atomic E-state index is -0.717. The van der Waals surface area contributed by atoms with Crippen molar-refractivity contribution < 1.29 is 19.4 Å². The van der Waals surface area contributed by atoms with Gasteiger partial charge in [0, 0.05) is 17.5 Å². The number of aromatic nitrogens is 2. The first kappa shape index (κ1) is 22.1. The van der Waals surface area contributed by atoms with Crippen LogP contribution in [-0.4, -0.2) is 25.7 Å². The van der Waals surface area contributed by atoms with E-state index in [0.717, 1.165) is 17.1 Å². The molecular weight excluding hydrogens is 444 g/mol. The Balaban J connectivity index is 1.51. The van der Waals surface area contributed by atoms with Gasteiger partial charge < -0.3 is 4.74 Å². The summed E-state index contributed by atoms with van der Waals surface area (Å²) >= 11 is 0. The summed E-state index contributed by atoms with van der Waals surface area (Å²) in [4.78, 5) is 41.2. The van der Waals surface area contributed by atoms with Crippen molar-refractivity contribution in [1.29, 1.82) is 0 Å². The number of nitro benzene ring substituents is 1. The van der Waals surface area contributed by atoms with Gasteiger partial charge in [0.25, 0.3) is 5.69 Å². The molecule has 0 radical (unpaired) electrons. The Kier molecular flexibility index (Phi) is 6.21. The van der Waals surface area contributed by atoms with E-state index in [1.165, 1.54) is 24.3 Å². The number of rotatable bonds is 8. The first-order valence-corrected chi connectivity index (χ1v) is 9.85. The summed E-state index contributed by atoms with van der Waals surface area (Å²) in [6.07, 6.45) is 0.946. The quantitative estimate of drug-likeness (QED) is 0.293. The van der Waals surface area contributed by atoms with Crippen molar-refractivity contribution in [3.63, 3.8) is 0 Å². The van der Waals surface area contributed by atoms with E-state index in [2.05, 4.69) is 20.8 Å². The molecule has 0 aliphatic carbocycles. The maximum absolute atomic E-state index is 12.3. The molecular formula is C22H16N6O6. The fourth-order valence-electron chi connectivity index (χ4n) is 3.18. The van der Waals surface area contributed by atoms with E-state index in [0.29, 0.717) is 11.3 Å². The summed E-state index contributed by atoms with van der Waals surface area (Å²) in [6, 6.07) is 18.1. The Morgan fingerprint density at radius 2 is 1.65 bits per heavy atom. The summed E-state index contributed by atoms with van der Waals surface area (Å²) < 4.78 is 5.76. The highest BCUT2D eigenvalue weighted by Crippen LogP contribution is 2.36. The predicted octanol–water partition coefficient (Wildman–Crippen LogP) is 3.92. The van der Waals surface area contributed by atoms with E-state index < -0.39 is 21.4 Å². The van der Waals surface area contributed by atoms with Gasteiger partial charge in [-0.15, -0.1) is 0 Å². The molecule has 12 nitrogen and oxygen atoms in total. The van der Waals surface area contributed by atoms with Crippen LogP contribution in [0.3, 0.4) is 0 Å². The molecule has 1 heterocycles. The zero-order valence-corrected chi connectivity index (χ0v) is 17.4. The highest BCUT2D eigenvalue weighted by Gasteiger charge is 2.26. The molecule has 0 fully saturated rings. The molecule has 4 rings (SSSR count). The van der Waals surface area contributed by atoms with Crippen molar-refractivity contribution in [2.75, 3.05) is 5.43 Å². The lowest BCUT2D eigenvalue weighted by Crippen LogP contribution is -2.31. The van der Waals surface area contributed by atoms with Gasteiger partial charge in [-0.3, -0.25) is 35.9 Å². The SMILES string of the molecule is O=C(Cc1ccc([N+](=O)[O-])cc1)NNc1ncnc(Oc2cccc3ccccc23)c1[N+](=O)[O-]. The van der Waals surface area contributed by atoms with Gasteiger partial charge in [0.05, 0.1) is 16.3 Å². The Morgan fingerprint density at radius 3 is 2.38 bits per heavy atom. The van der Waals surface area contributed by atoms with E-state index in [4.69, 9.17) is 4.74 Å². The van der Waals surface area contributed by atoms with Crippen LogP contribution >= 0.6 is 0 Å². The van der Waals surface area contributed by atoms with Crippen LogP contribution in [0.25, 0.3) is 10.8 Å². The van der Waals surface area contributed by atoms with E-state index in [-0.39, 0.29) is 23.8 Å². The third-order valence-electron chi connectivity index (χ3n) is 4.76. The molecule has 170 valence electrons. The van der Waals surface area contributed by atoms with Crippen LogP contribution in [0.2, 0.25) is 0 Å². The Hall–Kier alpha value is -5.13. The third-order valence-corrected chi connectivity index (χ3v) is 4.76. The van der Waals surface area contributed by atoms with Crippen LogP contribution in [0.1, 0.15) is 5.56 Å². The van der Waals surface area contributed by atoms with Crippen LogP contribution in [0.5, 0.6) is 11.6 Å². The molecule has 0 saturated carbocycles. The number of carbonyl (C=O) groups is 1. The van der Waals surface area contributed by atoms with Gasteiger partial charge in [-0.1, -0.05) is 48.5 Å². The number of carbonyl (C=O) groups excluding carboxylic acids is 1. The lowest BCUT2D eigenvalue weighted by Gasteiger charge is -2.11. The Labute approximate surface area is 191 Å². The van der Waals surface area contributed by atoms with E-state index in [1.807, 2.05) is 30.3 Å². The maximum atomic E-state index is 12.3. The minimum Gasteiger partial charge on any atom is -0.433 e. The van der Waals surface area contributed by atoms with Crippen molar-refractivity contribution >= 4 is 33.9 Å². The summed E-state index contributed by atoms with van der Waals surface area (Å²) in [5.41, 5.74) is 4.61. The molecule has 0 bridgehead atoms. The van der Waals surface area contributed by atoms with Crippen LogP contribution in [0.4, 0.5) is 17.2 Å². The van der Waals surface area contributed by atoms with Crippen LogP contribution in [-0.2, 0) is 11.2 Å². The first-order chi connectivity index (χ1) is 16.4. The molecule has 1 amide bonds. The molecule has 0 aliphatic rings. The molecule has 0 spiro atoms. The fraction of sp³-hybridized carbons (Fsp3) is 0.0455. The highest BCUT2D eigenvalue weighted by atomic mass is 16.6.